The zero-order chi connectivity index (χ0) is 18.0. The molecule has 1 aromatic carbocycles. The molecule has 0 saturated heterocycles. The van der Waals surface area contributed by atoms with Gasteiger partial charge in [-0.15, -0.1) is 0 Å². The van der Waals surface area contributed by atoms with Crippen LogP contribution in [0, 0.1) is 5.41 Å². The number of ether oxygens (including phenoxy) is 1. The van der Waals surface area contributed by atoms with Gasteiger partial charge in [0, 0.05) is 12.0 Å². The second kappa shape index (κ2) is 7.20. The molecule has 0 saturated carbocycles. The van der Waals surface area contributed by atoms with Crippen LogP contribution in [0.5, 0.6) is 5.75 Å². The Morgan fingerprint density at radius 2 is 1.79 bits per heavy atom. The van der Waals surface area contributed by atoms with Crippen LogP contribution >= 0.6 is 11.6 Å². The Morgan fingerprint density at radius 1 is 1.08 bits per heavy atom. The quantitative estimate of drug-likeness (QED) is 0.805. The average molecular weight is 351 g/mol. The second-order valence-corrected chi connectivity index (χ2v) is 8.66. The molecule has 0 radical (unpaired) electrons. The number of nitrogens with two attached hydrogens (primary N) is 1. The van der Waals surface area contributed by atoms with Crippen molar-refractivity contribution in [3.63, 3.8) is 0 Å². The number of quaternary nitrogens is 1. The molecule has 0 aliphatic carbocycles. The predicted molar refractivity (Wildman–Crippen MR) is 99.5 cm³/mol. The first-order valence-corrected chi connectivity index (χ1v) is 8.74. The molecular formula is C20H29ClNO2+. The summed E-state index contributed by atoms with van der Waals surface area (Å²) in [7, 11) is 1.61. The Bertz CT molecular complexity index is 683. The highest BCUT2D eigenvalue weighted by molar-refractivity contribution is 6.32. The maximum absolute atomic E-state index is 6.20. The second-order valence-electron chi connectivity index (χ2n) is 8.25. The standard InChI is InChI=1S/C20H28ClNO2/c1-19(2,3)13-20(4,5)22-12-15-8-10-17(24-15)14-7-9-18(23-6)16(21)11-14/h7-11,22H,12-13H2,1-6H3/p+1. The molecule has 1 heterocycles. The molecular weight excluding hydrogens is 322 g/mol. The fraction of sp³-hybridized carbons (Fsp3) is 0.500. The van der Waals surface area contributed by atoms with Crippen LogP contribution in [0.2, 0.25) is 5.02 Å². The molecule has 3 nitrogen and oxygen atoms in total. The number of hydrogen-bond acceptors (Lipinski definition) is 2. The van der Waals surface area contributed by atoms with Crippen LogP contribution in [0.25, 0.3) is 11.3 Å². The summed E-state index contributed by atoms with van der Waals surface area (Å²) in [5.41, 5.74) is 1.45. The summed E-state index contributed by atoms with van der Waals surface area (Å²) in [6.45, 7) is 12.2. The third-order valence-corrected chi connectivity index (χ3v) is 4.24. The monoisotopic (exact) mass is 350 g/mol. The van der Waals surface area contributed by atoms with E-state index in [1.54, 1.807) is 7.11 Å². The van der Waals surface area contributed by atoms with Crippen molar-refractivity contribution in [2.75, 3.05) is 7.11 Å². The molecule has 0 atom stereocenters. The number of halogens is 1. The van der Waals surface area contributed by atoms with E-state index in [1.807, 2.05) is 30.3 Å². The van der Waals surface area contributed by atoms with E-state index in [0.717, 1.165) is 30.0 Å². The molecule has 2 N–H and O–H groups in total. The number of rotatable bonds is 6. The topological polar surface area (TPSA) is 39.0 Å². The SMILES string of the molecule is COc1ccc(-c2ccc(C[NH2+]C(C)(C)CC(C)(C)C)o2)cc1Cl. The van der Waals surface area contributed by atoms with Crippen molar-refractivity contribution in [3.05, 3.63) is 41.1 Å². The van der Waals surface area contributed by atoms with Crippen LogP contribution in [0.3, 0.4) is 0 Å². The highest BCUT2D eigenvalue weighted by atomic mass is 35.5. The van der Waals surface area contributed by atoms with Gasteiger partial charge in [-0.3, -0.25) is 0 Å². The van der Waals surface area contributed by atoms with E-state index in [2.05, 4.69) is 39.9 Å². The maximum atomic E-state index is 6.20. The van der Waals surface area contributed by atoms with Crippen molar-refractivity contribution in [3.8, 4) is 17.1 Å². The van der Waals surface area contributed by atoms with Crippen molar-refractivity contribution in [1.82, 2.24) is 0 Å². The van der Waals surface area contributed by atoms with E-state index in [9.17, 15) is 0 Å². The summed E-state index contributed by atoms with van der Waals surface area (Å²) < 4.78 is 11.2. The third-order valence-electron chi connectivity index (χ3n) is 3.94. The molecule has 0 unspecified atom stereocenters. The molecule has 2 rings (SSSR count). The highest BCUT2D eigenvalue weighted by Gasteiger charge is 2.28. The van der Waals surface area contributed by atoms with Crippen molar-refractivity contribution < 1.29 is 14.5 Å². The van der Waals surface area contributed by atoms with E-state index in [-0.39, 0.29) is 5.54 Å². The number of furan rings is 1. The summed E-state index contributed by atoms with van der Waals surface area (Å²) in [4.78, 5) is 0. The molecule has 0 aliphatic rings. The highest BCUT2D eigenvalue weighted by Crippen LogP contribution is 2.31. The zero-order valence-electron chi connectivity index (χ0n) is 15.6. The van der Waals surface area contributed by atoms with Crippen LogP contribution in [0.1, 0.15) is 46.8 Å². The van der Waals surface area contributed by atoms with Gasteiger partial charge >= 0.3 is 0 Å². The maximum Gasteiger partial charge on any atom is 0.158 e. The van der Waals surface area contributed by atoms with Gasteiger partial charge in [0.25, 0.3) is 0 Å². The van der Waals surface area contributed by atoms with E-state index in [0.29, 0.717) is 16.2 Å². The first-order valence-electron chi connectivity index (χ1n) is 8.37. The average Bonchev–Trinajstić information content (AvgIpc) is 2.91. The molecule has 0 bridgehead atoms. The van der Waals surface area contributed by atoms with Crippen LogP contribution in [-0.4, -0.2) is 12.6 Å². The van der Waals surface area contributed by atoms with Crippen LogP contribution in [0.15, 0.2) is 34.7 Å². The molecule has 4 heteroatoms. The van der Waals surface area contributed by atoms with Crippen molar-refractivity contribution >= 4 is 11.6 Å². The Kier molecular flexibility index (Phi) is 5.67. The van der Waals surface area contributed by atoms with E-state index in [1.165, 1.54) is 0 Å². The Labute approximate surface area is 150 Å². The van der Waals surface area contributed by atoms with Gasteiger partial charge in [0.2, 0.25) is 0 Å². The minimum absolute atomic E-state index is 0.175. The molecule has 1 aromatic heterocycles. The lowest BCUT2D eigenvalue weighted by Crippen LogP contribution is -2.94. The van der Waals surface area contributed by atoms with E-state index in [4.69, 9.17) is 20.8 Å². The minimum Gasteiger partial charge on any atom is -0.495 e. The first kappa shape index (κ1) is 18.9. The van der Waals surface area contributed by atoms with Gasteiger partial charge in [-0.05, 0) is 49.6 Å². The predicted octanol–water partition coefficient (Wildman–Crippen LogP) is 4.89. The Balaban J connectivity index is 2.04. The van der Waals surface area contributed by atoms with Crippen LogP contribution in [-0.2, 0) is 6.54 Å². The molecule has 24 heavy (non-hydrogen) atoms. The fourth-order valence-corrected chi connectivity index (χ4v) is 3.54. The van der Waals surface area contributed by atoms with Gasteiger partial charge in [-0.1, -0.05) is 32.4 Å². The summed E-state index contributed by atoms with van der Waals surface area (Å²) >= 11 is 6.20. The molecule has 0 fully saturated rings. The molecule has 2 aromatic rings. The molecule has 0 aliphatic heterocycles. The van der Waals surface area contributed by atoms with Crippen molar-refractivity contribution in [2.45, 2.75) is 53.1 Å². The summed E-state index contributed by atoms with van der Waals surface area (Å²) in [6.07, 6.45) is 1.14. The van der Waals surface area contributed by atoms with Crippen molar-refractivity contribution in [1.29, 1.82) is 0 Å². The van der Waals surface area contributed by atoms with Gasteiger partial charge < -0.3 is 14.5 Å². The van der Waals surface area contributed by atoms with Gasteiger partial charge in [0.1, 0.15) is 18.1 Å². The number of benzene rings is 1. The van der Waals surface area contributed by atoms with Gasteiger partial charge in [-0.25, -0.2) is 0 Å². The lowest BCUT2D eigenvalue weighted by atomic mass is 9.82. The largest absolute Gasteiger partial charge is 0.495 e. The third kappa shape index (κ3) is 5.29. The van der Waals surface area contributed by atoms with Crippen molar-refractivity contribution in [2.24, 2.45) is 5.41 Å². The zero-order valence-corrected chi connectivity index (χ0v) is 16.3. The van der Waals surface area contributed by atoms with Crippen LogP contribution in [0.4, 0.5) is 0 Å². The number of methoxy groups -OCH3 is 1. The van der Waals surface area contributed by atoms with Gasteiger partial charge in [0.15, 0.2) is 5.76 Å². The lowest BCUT2D eigenvalue weighted by molar-refractivity contribution is -0.738. The normalized spacial score (nSPS) is 12.5. The number of hydrogen-bond donors (Lipinski definition) is 1. The Hall–Kier alpha value is -1.45. The minimum atomic E-state index is 0.175. The molecule has 0 spiro atoms. The lowest BCUT2D eigenvalue weighted by Gasteiger charge is -2.30. The smallest absolute Gasteiger partial charge is 0.158 e. The summed E-state index contributed by atoms with van der Waals surface area (Å²) in [5.74, 6) is 2.47. The Morgan fingerprint density at radius 3 is 2.38 bits per heavy atom. The van der Waals surface area contributed by atoms with Gasteiger partial charge in [0.05, 0.1) is 17.7 Å². The summed E-state index contributed by atoms with van der Waals surface area (Å²) in [6, 6.07) is 9.73. The molecule has 132 valence electrons. The van der Waals surface area contributed by atoms with E-state index >= 15 is 0 Å². The summed E-state index contributed by atoms with van der Waals surface area (Å²) in [5, 5.41) is 2.94. The molecule has 0 amide bonds. The van der Waals surface area contributed by atoms with E-state index < -0.39 is 0 Å². The van der Waals surface area contributed by atoms with Crippen LogP contribution < -0.4 is 10.1 Å². The first-order chi connectivity index (χ1) is 11.1. The fourth-order valence-electron chi connectivity index (χ4n) is 3.28. The van der Waals surface area contributed by atoms with Gasteiger partial charge in [-0.2, -0.15) is 0 Å².